The molecule has 0 aliphatic carbocycles. The van der Waals surface area contributed by atoms with Crippen LogP contribution in [0.3, 0.4) is 0 Å². The van der Waals surface area contributed by atoms with E-state index in [0.717, 1.165) is 36.0 Å². The van der Waals surface area contributed by atoms with Gasteiger partial charge in [0.05, 0.1) is 47.3 Å². The van der Waals surface area contributed by atoms with Gasteiger partial charge in [-0.3, -0.25) is 28.9 Å². The summed E-state index contributed by atoms with van der Waals surface area (Å²) in [6.07, 6.45) is 8.75. The van der Waals surface area contributed by atoms with E-state index < -0.39 is 0 Å². The molecule has 1 saturated heterocycles. The van der Waals surface area contributed by atoms with Gasteiger partial charge in [0.15, 0.2) is 0 Å². The minimum absolute atomic E-state index is 0.0568. The van der Waals surface area contributed by atoms with E-state index in [1.165, 1.54) is 11.1 Å². The van der Waals surface area contributed by atoms with Crippen molar-refractivity contribution in [3.63, 3.8) is 0 Å². The van der Waals surface area contributed by atoms with Crippen molar-refractivity contribution < 1.29 is 14.4 Å². The molecule has 4 aromatic heterocycles. The summed E-state index contributed by atoms with van der Waals surface area (Å²) in [5.74, 6) is -0.505. The molecule has 208 valence electrons. The number of hydrogen-bond acceptors (Lipinski definition) is 7. The number of H-pyrrole nitrogens is 1. The van der Waals surface area contributed by atoms with Crippen LogP contribution in [0.4, 0.5) is 11.4 Å². The van der Waals surface area contributed by atoms with Crippen LogP contribution in [0.5, 0.6) is 0 Å². The Balaban J connectivity index is 1.27. The fraction of sp³-hybridized carbons (Fsp3) is 0.357. The molecule has 3 amide bonds. The van der Waals surface area contributed by atoms with Gasteiger partial charge in [-0.1, -0.05) is 0 Å². The molecule has 5 rings (SSSR count). The molecule has 12 nitrogen and oxygen atoms in total. The fourth-order valence-electron chi connectivity index (χ4n) is 4.70. The zero-order valence-corrected chi connectivity index (χ0v) is 23.1. The van der Waals surface area contributed by atoms with Crippen molar-refractivity contribution >= 4 is 40.1 Å². The van der Waals surface area contributed by atoms with Gasteiger partial charge in [-0.25, -0.2) is 4.98 Å². The number of rotatable bonds is 8. The predicted octanol–water partition coefficient (Wildman–Crippen LogP) is 2.89. The molecule has 3 N–H and O–H groups in total. The second kappa shape index (κ2) is 11.3. The lowest BCUT2D eigenvalue weighted by Crippen LogP contribution is -2.35. The van der Waals surface area contributed by atoms with Crippen LogP contribution in [0.15, 0.2) is 43.0 Å². The Hall–Kier alpha value is -4.58. The number of fused-ring (bicyclic) bond motifs is 1. The van der Waals surface area contributed by atoms with Crippen LogP contribution in [0.25, 0.3) is 22.3 Å². The van der Waals surface area contributed by atoms with Crippen LogP contribution in [-0.2, 0) is 16.1 Å². The molecule has 12 heteroatoms. The first kappa shape index (κ1) is 27.0. The van der Waals surface area contributed by atoms with Crippen LogP contribution >= 0.6 is 0 Å². The van der Waals surface area contributed by atoms with Gasteiger partial charge in [-0.05, 0) is 51.4 Å². The number of nitrogens with zero attached hydrogens (tertiary/aromatic N) is 6. The third-order valence-electron chi connectivity index (χ3n) is 7.13. The van der Waals surface area contributed by atoms with Crippen LogP contribution in [0.2, 0.25) is 0 Å². The second-order valence-corrected chi connectivity index (χ2v) is 10.4. The molecule has 0 radical (unpaired) electrons. The molecular formula is C28H33N9O3. The number of hydrogen-bond donors (Lipinski definition) is 3. The first-order valence-electron chi connectivity index (χ1n) is 13.2. The van der Waals surface area contributed by atoms with Crippen molar-refractivity contribution in [1.82, 2.24) is 34.5 Å². The molecule has 0 saturated carbocycles. The Morgan fingerprint density at radius 3 is 2.65 bits per heavy atom. The highest BCUT2D eigenvalue weighted by molar-refractivity contribution is 6.06. The summed E-state index contributed by atoms with van der Waals surface area (Å²) in [6.45, 7) is 5.32. The maximum absolute atomic E-state index is 13.1. The second-order valence-electron chi connectivity index (χ2n) is 10.4. The number of carbonyl (C=O) groups excluding carboxylic acids is 3. The van der Waals surface area contributed by atoms with E-state index in [2.05, 4.69) is 42.5 Å². The fourth-order valence-corrected chi connectivity index (χ4v) is 4.70. The quantitative estimate of drug-likeness (QED) is 0.310. The lowest BCUT2D eigenvalue weighted by molar-refractivity contribution is -0.129. The third kappa shape index (κ3) is 6.01. The van der Waals surface area contributed by atoms with Gasteiger partial charge in [-0.2, -0.15) is 5.10 Å². The highest BCUT2D eigenvalue weighted by Gasteiger charge is 2.22. The van der Waals surface area contributed by atoms with E-state index in [4.69, 9.17) is 0 Å². The first-order valence-corrected chi connectivity index (χ1v) is 13.2. The number of pyridine rings is 2. The Kier molecular flexibility index (Phi) is 7.60. The molecule has 1 fully saturated rings. The van der Waals surface area contributed by atoms with Crippen LogP contribution in [0, 0.1) is 6.92 Å². The van der Waals surface area contributed by atoms with E-state index >= 15 is 0 Å². The van der Waals surface area contributed by atoms with E-state index in [1.807, 2.05) is 6.07 Å². The SMILES string of the molecule is Cc1ncc(NC(=O)CN2CCC[C@@H]2C)cc1NC(=O)c1cnc2[nH]c(-c3cnn(CC(=O)N(C)C)c3)cc2c1. The number of amides is 3. The lowest BCUT2D eigenvalue weighted by atomic mass is 10.2. The standard InChI is InChI=1S/C28H33N9O3/c1-17-6-5-7-36(17)15-25(38)32-22-10-23(18(2)29-13-22)34-28(40)20-8-19-9-24(33-27(19)30-11-20)21-12-31-37(14-21)16-26(39)35(3)4/h8-14,17H,5-7,15-16H2,1-4H3,(H,30,33)(H,32,38)(H,34,40)/t17-/m0/s1. The summed E-state index contributed by atoms with van der Waals surface area (Å²) in [5.41, 5.74) is 4.23. The van der Waals surface area contributed by atoms with E-state index in [0.29, 0.717) is 40.9 Å². The Labute approximate surface area is 231 Å². The number of nitrogens with one attached hydrogen (secondary N) is 3. The minimum Gasteiger partial charge on any atom is -0.347 e. The van der Waals surface area contributed by atoms with Crippen molar-refractivity contribution in [3.8, 4) is 11.3 Å². The summed E-state index contributed by atoms with van der Waals surface area (Å²) in [6, 6.07) is 5.75. The minimum atomic E-state index is -0.341. The van der Waals surface area contributed by atoms with Crippen molar-refractivity contribution in [2.45, 2.75) is 39.3 Å². The topological polar surface area (TPSA) is 141 Å². The van der Waals surface area contributed by atoms with Crippen molar-refractivity contribution in [3.05, 3.63) is 54.2 Å². The predicted molar refractivity (Wildman–Crippen MR) is 152 cm³/mol. The molecule has 40 heavy (non-hydrogen) atoms. The Morgan fingerprint density at radius 2 is 1.90 bits per heavy atom. The average molecular weight is 544 g/mol. The van der Waals surface area contributed by atoms with Crippen molar-refractivity contribution in [2.75, 3.05) is 37.8 Å². The molecule has 5 heterocycles. The summed E-state index contributed by atoms with van der Waals surface area (Å²) in [4.78, 5) is 53.3. The molecule has 0 unspecified atom stereocenters. The Bertz CT molecular complexity index is 1570. The van der Waals surface area contributed by atoms with Crippen LogP contribution in [-0.4, -0.2) is 85.5 Å². The number of likely N-dealkylation sites (N-methyl/N-ethyl adjacent to an activating group) is 1. The molecule has 1 aliphatic heterocycles. The highest BCUT2D eigenvalue weighted by Crippen LogP contribution is 2.25. The number of likely N-dealkylation sites (tertiary alicyclic amines) is 1. The van der Waals surface area contributed by atoms with E-state index in [1.54, 1.807) is 56.4 Å². The lowest BCUT2D eigenvalue weighted by Gasteiger charge is -2.20. The van der Waals surface area contributed by atoms with Gasteiger partial charge < -0.3 is 20.5 Å². The van der Waals surface area contributed by atoms with Gasteiger partial charge >= 0.3 is 0 Å². The number of carbonyl (C=O) groups is 3. The summed E-state index contributed by atoms with van der Waals surface area (Å²) in [7, 11) is 3.40. The maximum Gasteiger partial charge on any atom is 0.257 e. The normalized spacial score (nSPS) is 15.3. The van der Waals surface area contributed by atoms with Gasteiger partial charge in [-0.15, -0.1) is 0 Å². The molecule has 0 aromatic carbocycles. The smallest absolute Gasteiger partial charge is 0.257 e. The highest BCUT2D eigenvalue weighted by atomic mass is 16.2. The molecular weight excluding hydrogens is 510 g/mol. The van der Waals surface area contributed by atoms with Gasteiger partial charge in [0.1, 0.15) is 12.2 Å². The molecule has 0 spiro atoms. The number of aromatic amines is 1. The summed E-state index contributed by atoms with van der Waals surface area (Å²) >= 11 is 0. The maximum atomic E-state index is 13.1. The van der Waals surface area contributed by atoms with E-state index in [-0.39, 0.29) is 24.3 Å². The summed E-state index contributed by atoms with van der Waals surface area (Å²) in [5, 5.41) is 10.8. The summed E-state index contributed by atoms with van der Waals surface area (Å²) < 4.78 is 1.58. The van der Waals surface area contributed by atoms with Gasteiger partial charge in [0.25, 0.3) is 5.91 Å². The monoisotopic (exact) mass is 543 g/mol. The third-order valence-corrected chi connectivity index (χ3v) is 7.13. The van der Waals surface area contributed by atoms with Gasteiger partial charge in [0.2, 0.25) is 11.8 Å². The van der Waals surface area contributed by atoms with Crippen LogP contribution in [0.1, 0.15) is 35.8 Å². The van der Waals surface area contributed by atoms with Gasteiger partial charge in [0, 0.05) is 43.5 Å². The largest absolute Gasteiger partial charge is 0.347 e. The first-order chi connectivity index (χ1) is 19.2. The van der Waals surface area contributed by atoms with E-state index in [9.17, 15) is 14.4 Å². The van der Waals surface area contributed by atoms with Crippen LogP contribution < -0.4 is 10.6 Å². The van der Waals surface area contributed by atoms with Crippen molar-refractivity contribution in [1.29, 1.82) is 0 Å². The molecule has 1 atom stereocenters. The average Bonchev–Trinajstić information content (AvgIpc) is 3.65. The number of anilines is 2. The number of aromatic nitrogens is 5. The zero-order chi connectivity index (χ0) is 28.4. The Morgan fingerprint density at radius 1 is 1.07 bits per heavy atom. The molecule has 1 aliphatic rings. The number of aryl methyl sites for hydroxylation is 1. The van der Waals surface area contributed by atoms with Crippen molar-refractivity contribution in [2.24, 2.45) is 0 Å². The molecule has 0 bridgehead atoms. The molecule has 4 aromatic rings. The zero-order valence-electron chi connectivity index (χ0n) is 23.1.